The number of terminal acetylenes is 1. The van der Waals surface area contributed by atoms with Crippen molar-refractivity contribution >= 4 is 15.9 Å². The Balaban J connectivity index is 2.21. The third-order valence-corrected chi connectivity index (χ3v) is 5.89. The summed E-state index contributed by atoms with van der Waals surface area (Å²) in [6.45, 7) is 4.86. The van der Waals surface area contributed by atoms with Crippen LogP contribution in [0, 0.1) is 35.5 Å². The number of allylic oxidation sites excluding steroid dienone is 1. The molecule has 0 saturated heterocycles. The Bertz CT molecular complexity index is 349. The Kier molecular flexibility index (Phi) is 4.03. The van der Waals surface area contributed by atoms with Crippen molar-refractivity contribution in [2.24, 2.45) is 23.2 Å². The first-order chi connectivity index (χ1) is 8.13. The topological polar surface area (TPSA) is 0 Å². The average molecular weight is 295 g/mol. The molecule has 2 fully saturated rings. The van der Waals surface area contributed by atoms with Crippen molar-refractivity contribution in [3.05, 3.63) is 10.6 Å². The molecule has 0 amide bonds. The molecular weight excluding hydrogens is 272 g/mol. The number of halogens is 1. The fourth-order valence-electron chi connectivity index (χ4n) is 4.47. The van der Waals surface area contributed by atoms with Crippen molar-refractivity contribution in [2.75, 3.05) is 0 Å². The average Bonchev–Trinajstić information content (AvgIpc) is 2.66. The van der Waals surface area contributed by atoms with Gasteiger partial charge in [0.25, 0.3) is 0 Å². The van der Waals surface area contributed by atoms with E-state index in [0.717, 1.165) is 18.3 Å². The van der Waals surface area contributed by atoms with Crippen LogP contribution in [0.15, 0.2) is 10.6 Å². The maximum atomic E-state index is 5.49. The molecule has 1 heteroatoms. The third-order valence-electron chi connectivity index (χ3n) is 5.30. The molecule has 4 atom stereocenters. The zero-order chi connectivity index (χ0) is 12.5. The minimum absolute atomic E-state index is 0.508. The summed E-state index contributed by atoms with van der Waals surface area (Å²) in [6, 6.07) is 0. The Hall–Kier alpha value is -0.220. The molecule has 2 unspecified atom stereocenters. The summed E-state index contributed by atoms with van der Waals surface area (Å²) in [7, 11) is 0. The molecule has 0 nitrogen and oxygen atoms in total. The molecular formula is C16H23Br. The van der Waals surface area contributed by atoms with Crippen LogP contribution in [0.2, 0.25) is 0 Å². The minimum Gasteiger partial charge on any atom is -0.120 e. The van der Waals surface area contributed by atoms with Crippen LogP contribution < -0.4 is 0 Å². The van der Waals surface area contributed by atoms with Gasteiger partial charge in [-0.1, -0.05) is 35.4 Å². The SMILES string of the molecule is C#CC[C@@H](C)[C@H]1CCC2/C(=C/Br)CCCC21C. The van der Waals surface area contributed by atoms with Gasteiger partial charge in [-0.15, -0.1) is 12.3 Å². The highest BCUT2D eigenvalue weighted by atomic mass is 79.9. The molecule has 0 aromatic heterocycles. The maximum Gasteiger partial charge on any atom is 0.0115 e. The van der Waals surface area contributed by atoms with Gasteiger partial charge in [0.15, 0.2) is 0 Å². The molecule has 0 aliphatic heterocycles. The summed E-state index contributed by atoms with van der Waals surface area (Å²) in [5, 5.41) is 0. The number of fused-ring (bicyclic) bond motifs is 1. The van der Waals surface area contributed by atoms with Crippen LogP contribution >= 0.6 is 15.9 Å². The van der Waals surface area contributed by atoms with E-state index >= 15 is 0 Å². The van der Waals surface area contributed by atoms with Gasteiger partial charge < -0.3 is 0 Å². The predicted molar refractivity (Wildman–Crippen MR) is 77.8 cm³/mol. The number of hydrogen-bond acceptors (Lipinski definition) is 0. The molecule has 0 spiro atoms. The van der Waals surface area contributed by atoms with E-state index in [1.807, 2.05) is 0 Å². The second-order valence-corrected chi connectivity index (χ2v) is 6.62. The van der Waals surface area contributed by atoms with Crippen molar-refractivity contribution < 1.29 is 0 Å². The van der Waals surface area contributed by atoms with Gasteiger partial charge in [0, 0.05) is 6.42 Å². The van der Waals surface area contributed by atoms with Crippen molar-refractivity contribution in [2.45, 2.75) is 52.4 Å². The Morgan fingerprint density at radius 2 is 2.35 bits per heavy atom. The second-order valence-electron chi connectivity index (χ2n) is 6.17. The standard InChI is InChI=1S/C16H23Br/c1-4-6-12(2)14-8-9-15-13(11-17)7-5-10-16(14,15)3/h1,11-12,14-15H,5-10H2,2-3H3/b13-11+/t12-,14-,15?,16?/m1/s1. The van der Waals surface area contributed by atoms with E-state index in [4.69, 9.17) is 6.42 Å². The van der Waals surface area contributed by atoms with Gasteiger partial charge in [-0.3, -0.25) is 0 Å². The molecule has 0 radical (unpaired) electrons. The van der Waals surface area contributed by atoms with E-state index in [1.165, 1.54) is 32.1 Å². The molecule has 2 rings (SSSR count). The third kappa shape index (κ3) is 2.22. The summed E-state index contributed by atoms with van der Waals surface area (Å²) < 4.78 is 0. The van der Waals surface area contributed by atoms with E-state index in [-0.39, 0.29) is 0 Å². The van der Waals surface area contributed by atoms with Crippen LogP contribution in [-0.4, -0.2) is 0 Å². The van der Waals surface area contributed by atoms with Crippen LogP contribution in [0.3, 0.4) is 0 Å². The first-order valence-electron chi connectivity index (χ1n) is 6.86. The van der Waals surface area contributed by atoms with Gasteiger partial charge in [0.1, 0.15) is 0 Å². The fourth-order valence-corrected chi connectivity index (χ4v) is 5.02. The highest BCUT2D eigenvalue weighted by Crippen LogP contribution is 2.59. The lowest BCUT2D eigenvalue weighted by atomic mass is 9.61. The molecule has 2 aliphatic carbocycles. The molecule has 17 heavy (non-hydrogen) atoms. The van der Waals surface area contributed by atoms with E-state index < -0.39 is 0 Å². The summed E-state index contributed by atoms with van der Waals surface area (Å²) >= 11 is 3.56. The Morgan fingerprint density at radius 1 is 1.59 bits per heavy atom. The lowest BCUT2D eigenvalue weighted by Gasteiger charge is -2.44. The van der Waals surface area contributed by atoms with Crippen LogP contribution in [0.25, 0.3) is 0 Å². The lowest BCUT2D eigenvalue weighted by Crippen LogP contribution is -2.35. The summed E-state index contributed by atoms with van der Waals surface area (Å²) in [4.78, 5) is 2.20. The van der Waals surface area contributed by atoms with E-state index in [2.05, 4.69) is 40.7 Å². The van der Waals surface area contributed by atoms with Gasteiger partial charge in [-0.2, -0.15) is 0 Å². The first-order valence-corrected chi connectivity index (χ1v) is 7.77. The number of rotatable bonds is 2. The van der Waals surface area contributed by atoms with Crippen molar-refractivity contribution in [1.82, 2.24) is 0 Å². The van der Waals surface area contributed by atoms with Gasteiger partial charge in [-0.25, -0.2) is 0 Å². The van der Waals surface area contributed by atoms with E-state index in [0.29, 0.717) is 11.3 Å². The summed E-state index contributed by atoms with van der Waals surface area (Å²) in [6.07, 6.45) is 13.2. The van der Waals surface area contributed by atoms with E-state index in [9.17, 15) is 0 Å². The molecule has 0 heterocycles. The lowest BCUT2D eigenvalue weighted by molar-refractivity contribution is 0.0994. The van der Waals surface area contributed by atoms with Crippen LogP contribution in [-0.2, 0) is 0 Å². The summed E-state index contributed by atoms with van der Waals surface area (Å²) in [5.41, 5.74) is 2.16. The smallest absolute Gasteiger partial charge is 0.0115 e. The Morgan fingerprint density at radius 3 is 3.00 bits per heavy atom. The molecule has 0 bridgehead atoms. The van der Waals surface area contributed by atoms with Crippen molar-refractivity contribution in [3.63, 3.8) is 0 Å². The second kappa shape index (κ2) is 5.19. The molecule has 2 saturated carbocycles. The summed E-state index contributed by atoms with van der Waals surface area (Å²) in [5.74, 6) is 5.17. The number of hydrogen-bond donors (Lipinski definition) is 0. The van der Waals surface area contributed by atoms with Gasteiger partial charge in [-0.05, 0) is 60.3 Å². The van der Waals surface area contributed by atoms with Crippen LogP contribution in [0.5, 0.6) is 0 Å². The predicted octanol–water partition coefficient (Wildman–Crippen LogP) is 5.14. The molecule has 0 N–H and O–H groups in total. The van der Waals surface area contributed by atoms with Gasteiger partial charge in [0.2, 0.25) is 0 Å². The molecule has 2 aliphatic rings. The highest BCUT2D eigenvalue weighted by molar-refractivity contribution is 9.11. The van der Waals surface area contributed by atoms with Crippen LogP contribution in [0.1, 0.15) is 52.4 Å². The van der Waals surface area contributed by atoms with Crippen molar-refractivity contribution in [3.8, 4) is 12.3 Å². The minimum atomic E-state index is 0.508. The maximum absolute atomic E-state index is 5.49. The van der Waals surface area contributed by atoms with E-state index in [1.54, 1.807) is 5.57 Å². The van der Waals surface area contributed by atoms with Gasteiger partial charge in [0.05, 0.1) is 0 Å². The Labute approximate surface area is 114 Å². The van der Waals surface area contributed by atoms with Gasteiger partial charge >= 0.3 is 0 Å². The first kappa shape index (κ1) is 13.2. The molecule has 94 valence electrons. The van der Waals surface area contributed by atoms with Crippen molar-refractivity contribution in [1.29, 1.82) is 0 Å². The molecule has 0 aromatic rings. The monoisotopic (exact) mass is 294 g/mol. The zero-order valence-corrected chi connectivity index (χ0v) is 12.6. The quantitative estimate of drug-likeness (QED) is 0.619. The zero-order valence-electron chi connectivity index (χ0n) is 11.0. The fraction of sp³-hybridized carbons (Fsp3) is 0.750. The molecule has 0 aromatic carbocycles. The van der Waals surface area contributed by atoms with Crippen LogP contribution in [0.4, 0.5) is 0 Å². The normalized spacial score (nSPS) is 40.9. The largest absolute Gasteiger partial charge is 0.120 e. The highest BCUT2D eigenvalue weighted by Gasteiger charge is 2.50.